The maximum absolute atomic E-state index is 11.3. The predicted octanol–water partition coefficient (Wildman–Crippen LogP) is 4.11. The normalized spacial score (nSPS) is 9.94. The lowest BCUT2D eigenvalue weighted by Crippen LogP contribution is -2.23. The Morgan fingerprint density at radius 3 is 2.24 bits per heavy atom. The molecule has 1 amide bonds. The third kappa shape index (κ3) is 2.76. The summed E-state index contributed by atoms with van der Waals surface area (Å²) in [5, 5.41) is 9.29. The van der Waals surface area contributed by atoms with Gasteiger partial charge in [0.05, 0.1) is 11.4 Å². The molecule has 86 valence electrons. The first-order chi connectivity index (χ1) is 8.18. The van der Waals surface area contributed by atoms with E-state index in [4.69, 9.17) is 0 Å². The molecule has 0 atom stereocenters. The Balaban J connectivity index is 2.47. The van der Waals surface area contributed by atoms with Crippen molar-refractivity contribution in [3.8, 4) is 0 Å². The van der Waals surface area contributed by atoms with E-state index in [9.17, 15) is 9.90 Å². The summed E-state index contributed by atoms with van der Waals surface area (Å²) in [5.41, 5.74) is 1.29. The maximum Gasteiger partial charge on any atom is 0.416 e. The van der Waals surface area contributed by atoms with Gasteiger partial charge in [-0.3, -0.25) is 0 Å². The smallest absolute Gasteiger partial charge is 0.416 e. The third-order valence-corrected chi connectivity index (χ3v) is 2.94. The summed E-state index contributed by atoms with van der Waals surface area (Å²) in [7, 11) is 0. The van der Waals surface area contributed by atoms with E-state index in [1.165, 1.54) is 4.90 Å². The summed E-state index contributed by atoms with van der Waals surface area (Å²) in [6.45, 7) is 0. The lowest BCUT2D eigenvalue weighted by atomic mass is 10.2. The van der Waals surface area contributed by atoms with Gasteiger partial charge in [-0.1, -0.05) is 24.3 Å². The number of halogens is 1. The first-order valence-electron chi connectivity index (χ1n) is 5.02. The minimum atomic E-state index is -0.988. The highest BCUT2D eigenvalue weighted by molar-refractivity contribution is 14.1. The van der Waals surface area contributed by atoms with Crippen molar-refractivity contribution in [2.24, 2.45) is 0 Å². The highest BCUT2D eigenvalue weighted by atomic mass is 127. The quantitative estimate of drug-likeness (QED) is 0.837. The van der Waals surface area contributed by atoms with Crippen LogP contribution < -0.4 is 4.90 Å². The molecule has 2 aromatic carbocycles. The van der Waals surface area contributed by atoms with Gasteiger partial charge < -0.3 is 5.11 Å². The van der Waals surface area contributed by atoms with Crippen LogP contribution in [-0.2, 0) is 0 Å². The Hall–Kier alpha value is -1.56. The molecule has 3 nitrogen and oxygen atoms in total. The minimum absolute atomic E-state index is 0.641. The van der Waals surface area contributed by atoms with Gasteiger partial charge in [0.1, 0.15) is 0 Å². The number of hydrogen-bond acceptors (Lipinski definition) is 1. The van der Waals surface area contributed by atoms with Crippen LogP contribution in [-0.4, -0.2) is 11.2 Å². The van der Waals surface area contributed by atoms with Gasteiger partial charge in [-0.2, -0.15) is 0 Å². The van der Waals surface area contributed by atoms with Gasteiger partial charge >= 0.3 is 6.09 Å². The van der Waals surface area contributed by atoms with Gasteiger partial charge in [0, 0.05) is 3.57 Å². The van der Waals surface area contributed by atoms with Crippen molar-refractivity contribution in [3.05, 3.63) is 58.2 Å². The predicted molar refractivity (Wildman–Crippen MR) is 75.8 cm³/mol. The third-order valence-electron chi connectivity index (χ3n) is 2.27. The lowest BCUT2D eigenvalue weighted by molar-refractivity contribution is 0.205. The molecule has 2 rings (SSSR count). The lowest BCUT2D eigenvalue weighted by Gasteiger charge is -2.19. The Morgan fingerprint density at radius 2 is 1.65 bits per heavy atom. The van der Waals surface area contributed by atoms with Crippen LogP contribution in [0.2, 0.25) is 0 Å². The average Bonchev–Trinajstić information content (AvgIpc) is 2.30. The van der Waals surface area contributed by atoms with Gasteiger partial charge in [0.2, 0.25) is 0 Å². The number of nitrogens with zero attached hydrogens (tertiary/aromatic N) is 1. The van der Waals surface area contributed by atoms with Crippen LogP contribution in [0.25, 0.3) is 0 Å². The fourth-order valence-corrected chi connectivity index (χ4v) is 2.09. The summed E-state index contributed by atoms with van der Waals surface area (Å²) in [6, 6.07) is 16.4. The molecule has 0 saturated heterocycles. The molecule has 0 bridgehead atoms. The van der Waals surface area contributed by atoms with Gasteiger partial charge in [-0.25, -0.2) is 9.69 Å². The number of hydrogen-bond donors (Lipinski definition) is 1. The highest BCUT2D eigenvalue weighted by Crippen LogP contribution is 2.26. The second kappa shape index (κ2) is 5.18. The van der Waals surface area contributed by atoms with E-state index >= 15 is 0 Å². The second-order valence-electron chi connectivity index (χ2n) is 3.43. The zero-order chi connectivity index (χ0) is 12.3. The van der Waals surface area contributed by atoms with Gasteiger partial charge in [-0.15, -0.1) is 0 Å². The zero-order valence-electron chi connectivity index (χ0n) is 8.88. The minimum Gasteiger partial charge on any atom is -0.464 e. The molecule has 1 N–H and O–H groups in total. The van der Waals surface area contributed by atoms with E-state index < -0.39 is 6.09 Å². The second-order valence-corrected chi connectivity index (χ2v) is 4.68. The van der Waals surface area contributed by atoms with E-state index in [2.05, 4.69) is 22.6 Å². The fraction of sp³-hybridized carbons (Fsp3) is 0. The number of carboxylic acid groups (broad SMARTS) is 1. The molecular formula is C13H10INO2. The van der Waals surface area contributed by atoms with Crippen molar-refractivity contribution in [1.29, 1.82) is 0 Å². The summed E-state index contributed by atoms with van der Waals surface area (Å²) in [5.74, 6) is 0. The number of rotatable bonds is 2. The molecule has 4 heteroatoms. The molecule has 2 aromatic rings. The number of amides is 1. The van der Waals surface area contributed by atoms with Crippen LogP contribution in [0, 0.1) is 3.57 Å². The van der Waals surface area contributed by atoms with Crippen LogP contribution >= 0.6 is 22.6 Å². The molecule has 0 saturated carbocycles. The van der Waals surface area contributed by atoms with Crippen LogP contribution in [0.5, 0.6) is 0 Å². The van der Waals surface area contributed by atoms with E-state index in [1.807, 2.05) is 36.4 Å². The number of carbonyl (C=O) groups is 1. The number of benzene rings is 2. The maximum atomic E-state index is 11.3. The van der Waals surface area contributed by atoms with E-state index in [0.717, 1.165) is 3.57 Å². The topological polar surface area (TPSA) is 40.5 Å². The van der Waals surface area contributed by atoms with Crippen LogP contribution in [0.15, 0.2) is 54.6 Å². The Morgan fingerprint density at radius 1 is 1.00 bits per heavy atom. The largest absolute Gasteiger partial charge is 0.464 e. The molecule has 0 heterocycles. The van der Waals surface area contributed by atoms with Crippen LogP contribution in [0.1, 0.15) is 0 Å². The molecule has 0 aliphatic rings. The van der Waals surface area contributed by atoms with E-state index in [1.54, 1.807) is 18.2 Å². The molecule has 0 fully saturated rings. The first-order valence-corrected chi connectivity index (χ1v) is 6.10. The molecule has 0 radical (unpaired) electrons. The van der Waals surface area contributed by atoms with Gasteiger partial charge in [0.25, 0.3) is 0 Å². The standard InChI is InChI=1S/C13H10INO2/c14-10-5-4-8-12(9-10)15(13(16)17)11-6-2-1-3-7-11/h1-9H,(H,16,17). The van der Waals surface area contributed by atoms with Crippen molar-refractivity contribution >= 4 is 40.1 Å². The Labute approximate surface area is 113 Å². The summed E-state index contributed by atoms with van der Waals surface area (Å²) >= 11 is 2.16. The summed E-state index contributed by atoms with van der Waals surface area (Å²) < 4.78 is 1.00. The highest BCUT2D eigenvalue weighted by Gasteiger charge is 2.16. The fourth-order valence-electron chi connectivity index (χ4n) is 1.56. The zero-order valence-corrected chi connectivity index (χ0v) is 11.0. The number of para-hydroxylation sites is 1. The monoisotopic (exact) mass is 339 g/mol. The van der Waals surface area contributed by atoms with E-state index in [-0.39, 0.29) is 0 Å². The van der Waals surface area contributed by atoms with Crippen molar-refractivity contribution in [1.82, 2.24) is 0 Å². The van der Waals surface area contributed by atoms with E-state index in [0.29, 0.717) is 11.4 Å². The molecule has 0 aliphatic carbocycles. The van der Waals surface area contributed by atoms with Crippen molar-refractivity contribution in [3.63, 3.8) is 0 Å². The van der Waals surface area contributed by atoms with Gasteiger partial charge in [0.15, 0.2) is 0 Å². The molecule has 0 spiro atoms. The number of anilines is 2. The molecular weight excluding hydrogens is 329 g/mol. The SMILES string of the molecule is O=C(O)N(c1ccccc1)c1cccc(I)c1. The van der Waals surface area contributed by atoms with Crippen molar-refractivity contribution in [2.45, 2.75) is 0 Å². The first kappa shape index (κ1) is 11.9. The van der Waals surface area contributed by atoms with Gasteiger partial charge in [-0.05, 0) is 52.9 Å². The summed E-state index contributed by atoms with van der Waals surface area (Å²) in [4.78, 5) is 12.6. The molecule has 0 aromatic heterocycles. The van der Waals surface area contributed by atoms with Crippen molar-refractivity contribution in [2.75, 3.05) is 4.90 Å². The van der Waals surface area contributed by atoms with Crippen LogP contribution in [0.4, 0.5) is 16.2 Å². The molecule has 17 heavy (non-hydrogen) atoms. The van der Waals surface area contributed by atoms with Crippen LogP contribution in [0.3, 0.4) is 0 Å². The molecule has 0 unspecified atom stereocenters. The summed E-state index contributed by atoms with van der Waals surface area (Å²) in [6.07, 6.45) is -0.988. The average molecular weight is 339 g/mol. The molecule has 0 aliphatic heterocycles. The Bertz CT molecular complexity index is 528. The van der Waals surface area contributed by atoms with Crippen molar-refractivity contribution < 1.29 is 9.90 Å². The Kier molecular flexibility index (Phi) is 3.63.